The fraction of sp³-hybridized carbons (Fsp3) is 0.286. The Bertz CT molecular complexity index is 1220. The second kappa shape index (κ2) is 9.59. The van der Waals surface area contributed by atoms with Crippen LogP contribution in [-0.4, -0.2) is 28.3 Å². The normalized spacial score (nSPS) is 17.6. The van der Waals surface area contributed by atoms with Crippen molar-refractivity contribution in [3.8, 4) is 5.75 Å². The summed E-state index contributed by atoms with van der Waals surface area (Å²) in [6.07, 6.45) is 1.49. The van der Waals surface area contributed by atoms with E-state index in [1.54, 1.807) is 36.4 Å². The van der Waals surface area contributed by atoms with Crippen LogP contribution < -0.4 is 4.74 Å². The Hall–Kier alpha value is -3.80. The molecular weight excluding hydrogens is 430 g/mol. The van der Waals surface area contributed by atoms with Crippen LogP contribution in [0.15, 0.2) is 70.9 Å². The minimum Gasteiger partial charge on any atom is -0.507 e. The van der Waals surface area contributed by atoms with Gasteiger partial charge in [0.2, 0.25) is 0 Å². The summed E-state index contributed by atoms with van der Waals surface area (Å²) in [7, 11) is 0. The maximum Gasteiger partial charge on any atom is 0.296 e. The molecule has 1 aliphatic heterocycles. The van der Waals surface area contributed by atoms with E-state index in [-0.39, 0.29) is 17.9 Å². The van der Waals surface area contributed by atoms with E-state index < -0.39 is 17.7 Å². The number of benzene rings is 2. The molecule has 1 saturated heterocycles. The summed E-state index contributed by atoms with van der Waals surface area (Å²) in [6, 6.07) is 15.4. The molecule has 6 heteroatoms. The Morgan fingerprint density at radius 3 is 2.47 bits per heavy atom. The number of aliphatic hydroxyl groups is 1. The van der Waals surface area contributed by atoms with Gasteiger partial charge in [0.15, 0.2) is 0 Å². The average Bonchev–Trinajstić information content (AvgIpc) is 3.43. The quantitative estimate of drug-likeness (QED) is 0.285. The first-order chi connectivity index (χ1) is 16.3. The van der Waals surface area contributed by atoms with Gasteiger partial charge < -0.3 is 19.2 Å². The molecule has 0 spiro atoms. The number of hydrogen-bond donors (Lipinski definition) is 1. The van der Waals surface area contributed by atoms with Crippen molar-refractivity contribution in [2.75, 3.05) is 6.61 Å². The predicted molar refractivity (Wildman–Crippen MR) is 129 cm³/mol. The van der Waals surface area contributed by atoms with Gasteiger partial charge in [0.25, 0.3) is 11.7 Å². The van der Waals surface area contributed by atoms with Crippen molar-refractivity contribution in [1.29, 1.82) is 0 Å². The lowest BCUT2D eigenvalue weighted by Crippen LogP contribution is -2.29. The average molecular weight is 460 g/mol. The van der Waals surface area contributed by atoms with Crippen LogP contribution in [0.25, 0.3) is 5.76 Å². The highest BCUT2D eigenvalue weighted by atomic mass is 16.5. The van der Waals surface area contributed by atoms with E-state index in [2.05, 4.69) is 13.8 Å². The van der Waals surface area contributed by atoms with E-state index in [0.29, 0.717) is 29.6 Å². The first kappa shape index (κ1) is 23.4. The van der Waals surface area contributed by atoms with Crippen LogP contribution in [0, 0.1) is 19.8 Å². The highest BCUT2D eigenvalue weighted by Crippen LogP contribution is 2.40. The molecule has 1 amide bonds. The lowest BCUT2D eigenvalue weighted by atomic mass is 9.98. The number of aryl methyl sites for hydroxylation is 2. The van der Waals surface area contributed by atoms with Crippen LogP contribution in [0.3, 0.4) is 0 Å². The zero-order valence-corrected chi connectivity index (χ0v) is 19.9. The van der Waals surface area contributed by atoms with Gasteiger partial charge in [-0.15, -0.1) is 0 Å². The number of hydrogen-bond acceptors (Lipinski definition) is 5. The van der Waals surface area contributed by atoms with E-state index in [0.717, 1.165) is 16.7 Å². The molecule has 1 unspecified atom stereocenters. The number of ketones is 1. The van der Waals surface area contributed by atoms with Crippen LogP contribution in [0.2, 0.25) is 0 Å². The lowest BCUT2D eigenvalue weighted by Gasteiger charge is -2.24. The number of ether oxygens (including phenoxy) is 1. The third-order valence-corrected chi connectivity index (χ3v) is 5.91. The van der Waals surface area contributed by atoms with Crippen molar-refractivity contribution < 1.29 is 23.8 Å². The van der Waals surface area contributed by atoms with Crippen molar-refractivity contribution in [3.63, 3.8) is 0 Å². The van der Waals surface area contributed by atoms with Crippen LogP contribution in [0.5, 0.6) is 5.75 Å². The number of nitrogens with zero attached hydrogens (tertiary/aromatic N) is 1. The van der Waals surface area contributed by atoms with Gasteiger partial charge in [0.05, 0.1) is 18.4 Å². The number of amides is 1. The third-order valence-electron chi connectivity index (χ3n) is 5.91. The minimum absolute atomic E-state index is 0.0149. The summed E-state index contributed by atoms with van der Waals surface area (Å²) in [5.74, 6) is -0.163. The fourth-order valence-electron chi connectivity index (χ4n) is 4.07. The van der Waals surface area contributed by atoms with Crippen LogP contribution >= 0.6 is 0 Å². The standard InChI is InChI=1S/C28H29NO5/c1-17(2)16-34-22-11-9-20(10-12-22)26(30)24-25(23-6-5-13-33-23)29(28(32)27(24)31)15-21-14-18(3)7-8-19(21)4/h5-14,17,25,30H,15-16H2,1-4H3/b26-24-. The molecule has 6 nitrogen and oxygen atoms in total. The molecule has 1 aliphatic rings. The van der Waals surface area contributed by atoms with Crippen molar-refractivity contribution in [2.45, 2.75) is 40.3 Å². The number of carbonyl (C=O) groups is 2. The molecule has 2 heterocycles. The summed E-state index contributed by atoms with van der Waals surface area (Å²) in [4.78, 5) is 27.7. The number of aliphatic hydroxyl groups excluding tert-OH is 1. The van der Waals surface area contributed by atoms with Gasteiger partial charge in [-0.05, 0) is 67.3 Å². The molecule has 0 radical (unpaired) electrons. The van der Waals surface area contributed by atoms with Crippen molar-refractivity contribution >= 4 is 17.4 Å². The predicted octanol–water partition coefficient (Wildman–Crippen LogP) is 5.55. The van der Waals surface area contributed by atoms with Gasteiger partial charge in [0.1, 0.15) is 23.3 Å². The number of likely N-dealkylation sites (tertiary alicyclic amines) is 1. The molecule has 176 valence electrons. The highest BCUT2D eigenvalue weighted by molar-refractivity contribution is 6.46. The summed E-state index contributed by atoms with van der Waals surface area (Å²) >= 11 is 0. The van der Waals surface area contributed by atoms with E-state index in [4.69, 9.17) is 9.15 Å². The zero-order chi connectivity index (χ0) is 24.4. The Kier molecular flexibility index (Phi) is 6.59. The lowest BCUT2D eigenvalue weighted by molar-refractivity contribution is -0.140. The van der Waals surface area contributed by atoms with Crippen molar-refractivity contribution in [2.24, 2.45) is 5.92 Å². The van der Waals surface area contributed by atoms with E-state index in [9.17, 15) is 14.7 Å². The third kappa shape index (κ3) is 4.62. The minimum atomic E-state index is -0.827. The number of rotatable bonds is 7. The van der Waals surface area contributed by atoms with Crippen LogP contribution in [-0.2, 0) is 16.1 Å². The summed E-state index contributed by atoms with van der Waals surface area (Å²) in [5.41, 5.74) is 3.46. The monoisotopic (exact) mass is 459 g/mol. The highest BCUT2D eigenvalue weighted by Gasteiger charge is 2.47. The van der Waals surface area contributed by atoms with Gasteiger partial charge >= 0.3 is 0 Å². The largest absolute Gasteiger partial charge is 0.507 e. The molecule has 0 saturated carbocycles. The van der Waals surface area contributed by atoms with E-state index in [1.807, 2.05) is 32.0 Å². The molecule has 4 rings (SSSR count). The molecule has 1 fully saturated rings. The van der Waals surface area contributed by atoms with Gasteiger partial charge in [-0.3, -0.25) is 9.59 Å². The summed E-state index contributed by atoms with van der Waals surface area (Å²) in [6.45, 7) is 8.87. The van der Waals surface area contributed by atoms with Gasteiger partial charge in [-0.1, -0.05) is 37.6 Å². The Labute approximate surface area is 199 Å². The van der Waals surface area contributed by atoms with E-state index in [1.165, 1.54) is 11.2 Å². The second-order valence-electron chi connectivity index (χ2n) is 9.10. The Balaban J connectivity index is 1.73. The SMILES string of the molecule is Cc1ccc(C)c(CN2C(=O)C(=O)/C(=C(\O)c3ccc(OCC(C)C)cc3)C2c2ccco2)c1. The molecule has 3 aromatic rings. The molecule has 0 aliphatic carbocycles. The molecule has 2 aromatic carbocycles. The summed E-state index contributed by atoms with van der Waals surface area (Å²) < 4.78 is 11.3. The smallest absolute Gasteiger partial charge is 0.296 e. The van der Waals surface area contributed by atoms with Crippen LogP contribution in [0.4, 0.5) is 0 Å². The van der Waals surface area contributed by atoms with Crippen molar-refractivity contribution in [1.82, 2.24) is 4.90 Å². The maximum atomic E-state index is 13.1. The Morgan fingerprint density at radius 1 is 1.09 bits per heavy atom. The first-order valence-corrected chi connectivity index (χ1v) is 11.4. The first-order valence-electron chi connectivity index (χ1n) is 11.4. The number of furan rings is 1. The molecule has 1 aromatic heterocycles. The molecule has 0 bridgehead atoms. The Morgan fingerprint density at radius 2 is 1.82 bits per heavy atom. The van der Waals surface area contributed by atoms with E-state index >= 15 is 0 Å². The fourth-order valence-corrected chi connectivity index (χ4v) is 4.07. The molecule has 1 atom stereocenters. The number of carbonyl (C=O) groups excluding carboxylic acids is 2. The van der Waals surface area contributed by atoms with Gasteiger partial charge in [-0.2, -0.15) is 0 Å². The van der Waals surface area contributed by atoms with Gasteiger partial charge in [0, 0.05) is 12.1 Å². The summed E-state index contributed by atoms with van der Waals surface area (Å²) in [5, 5.41) is 11.2. The number of Topliss-reactive ketones (excluding diaryl/α,β-unsaturated/α-hetero) is 1. The van der Waals surface area contributed by atoms with Crippen molar-refractivity contribution in [3.05, 3.63) is 94.4 Å². The molecule has 34 heavy (non-hydrogen) atoms. The maximum absolute atomic E-state index is 13.1. The van der Waals surface area contributed by atoms with Crippen LogP contribution in [0.1, 0.15) is 47.9 Å². The second-order valence-corrected chi connectivity index (χ2v) is 9.10. The topological polar surface area (TPSA) is 80.0 Å². The zero-order valence-electron chi connectivity index (χ0n) is 19.9. The van der Waals surface area contributed by atoms with Gasteiger partial charge in [-0.25, -0.2) is 0 Å². The molecular formula is C28H29NO5. The molecule has 1 N–H and O–H groups in total.